The number of aromatic nitrogens is 1. The molecule has 1 aromatic rings. The molecule has 2 N–H and O–H groups in total. The van der Waals surface area contributed by atoms with Crippen molar-refractivity contribution >= 4 is 5.82 Å². The van der Waals surface area contributed by atoms with E-state index in [2.05, 4.69) is 23.7 Å². The van der Waals surface area contributed by atoms with E-state index in [0.717, 1.165) is 25.3 Å². The van der Waals surface area contributed by atoms with Gasteiger partial charge in [0.05, 0.1) is 12.7 Å². The largest absolute Gasteiger partial charge is 0.384 e. The number of nitrogens with zero attached hydrogens (tertiary/aromatic N) is 2. The summed E-state index contributed by atoms with van der Waals surface area (Å²) in [4.78, 5) is 6.60. The van der Waals surface area contributed by atoms with Crippen LogP contribution in [0.2, 0.25) is 0 Å². The Morgan fingerprint density at radius 3 is 3.00 bits per heavy atom. The highest BCUT2D eigenvalue weighted by atomic mass is 16.5. The SMILES string of the molecule is CCCN1C[C@H](c2ccc(N)nc2)OC[C@H]1C. The first-order chi connectivity index (χ1) is 8.20. The van der Waals surface area contributed by atoms with Gasteiger partial charge in [-0.2, -0.15) is 0 Å². The highest BCUT2D eigenvalue weighted by molar-refractivity contribution is 5.30. The number of nitrogen functional groups attached to an aromatic ring is 1. The van der Waals surface area contributed by atoms with E-state index >= 15 is 0 Å². The molecule has 0 unspecified atom stereocenters. The topological polar surface area (TPSA) is 51.4 Å². The molecule has 0 aliphatic carbocycles. The van der Waals surface area contributed by atoms with E-state index in [9.17, 15) is 0 Å². The Balaban J connectivity index is 2.04. The number of rotatable bonds is 3. The zero-order valence-electron chi connectivity index (χ0n) is 10.6. The third-order valence-electron chi connectivity index (χ3n) is 3.25. The van der Waals surface area contributed by atoms with Crippen LogP contribution in [0.4, 0.5) is 5.82 Å². The molecule has 0 radical (unpaired) electrons. The Bertz CT molecular complexity index is 352. The first-order valence-electron chi connectivity index (χ1n) is 6.27. The van der Waals surface area contributed by atoms with Gasteiger partial charge in [0.25, 0.3) is 0 Å². The van der Waals surface area contributed by atoms with Crippen LogP contribution in [-0.4, -0.2) is 35.6 Å². The van der Waals surface area contributed by atoms with Gasteiger partial charge in [-0.3, -0.25) is 4.90 Å². The molecule has 0 bridgehead atoms. The smallest absolute Gasteiger partial charge is 0.123 e. The summed E-state index contributed by atoms with van der Waals surface area (Å²) in [5.41, 5.74) is 6.71. The summed E-state index contributed by atoms with van der Waals surface area (Å²) < 4.78 is 5.87. The average Bonchev–Trinajstić information content (AvgIpc) is 2.33. The number of nitrogens with two attached hydrogens (primary N) is 1. The lowest BCUT2D eigenvalue weighted by atomic mass is 10.1. The monoisotopic (exact) mass is 235 g/mol. The number of hydrogen-bond acceptors (Lipinski definition) is 4. The molecule has 1 aromatic heterocycles. The third-order valence-corrected chi connectivity index (χ3v) is 3.25. The maximum atomic E-state index is 5.87. The predicted molar refractivity (Wildman–Crippen MR) is 68.7 cm³/mol. The Labute approximate surface area is 103 Å². The van der Waals surface area contributed by atoms with Crippen LogP contribution in [0, 0.1) is 0 Å². The van der Waals surface area contributed by atoms with E-state index in [4.69, 9.17) is 10.5 Å². The molecule has 94 valence electrons. The Hall–Kier alpha value is -1.13. The van der Waals surface area contributed by atoms with Crippen LogP contribution in [0.25, 0.3) is 0 Å². The number of hydrogen-bond donors (Lipinski definition) is 1. The van der Waals surface area contributed by atoms with Gasteiger partial charge in [-0.1, -0.05) is 13.0 Å². The lowest BCUT2D eigenvalue weighted by Gasteiger charge is -2.38. The van der Waals surface area contributed by atoms with Gasteiger partial charge in [-0.25, -0.2) is 4.98 Å². The molecule has 4 heteroatoms. The minimum Gasteiger partial charge on any atom is -0.384 e. The van der Waals surface area contributed by atoms with E-state index in [1.54, 1.807) is 0 Å². The lowest BCUT2D eigenvalue weighted by molar-refractivity contribution is -0.0599. The summed E-state index contributed by atoms with van der Waals surface area (Å²) in [5, 5.41) is 0. The highest BCUT2D eigenvalue weighted by Crippen LogP contribution is 2.24. The van der Waals surface area contributed by atoms with Gasteiger partial charge in [-0.15, -0.1) is 0 Å². The maximum Gasteiger partial charge on any atom is 0.123 e. The van der Waals surface area contributed by atoms with Crippen molar-refractivity contribution in [3.8, 4) is 0 Å². The first kappa shape index (κ1) is 12.3. The molecule has 1 saturated heterocycles. The van der Waals surface area contributed by atoms with Crippen LogP contribution in [0.5, 0.6) is 0 Å². The van der Waals surface area contributed by atoms with Gasteiger partial charge in [0.15, 0.2) is 0 Å². The zero-order valence-corrected chi connectivity index (χ0v) is 10.6. The highest BCUT2D eigenvalue weighted by Gasteiger charge is 2.26. The van der Waals surface area contributed by atoms with Crippen molar-refractivity contribution in [3.05, 3.63) is 23.9 Å². The normalized spacial score (nSPS) is 26.0. The fraction of sp³-hybridized carbons (Fsp3) is 0.615. The Morgan fingerprint density at radius 1 is 1.53 bits per heavy atom. The molecule has 2 heterocycles. The third kappa shape index (κ3) is 2.96. The van der Waals surface area contributed by atoms with E-state index in [0.29, 0.717) is 11.9 Å². The number of pyridine rings is 1. The van der Waals surface area contributed by atoms with Crippen LogP contribution in [0.15, 0.2) is 18.3 Å². The molecule has 1 aliphatic heterocycles. The van der Waals surface area contributed by atoms with Crippen molar-refractivity contribution in [1.82, 2.24) is 9.88 Å². The van der Waals surface area contributed by atoms with E-state index < -0.39 is 0 Å². The number of ether oxygens (including phenoxy) is 1. The van der Waals surface area contributed by atoms with Gasteiger partial charge >= 0.3 is 0 Å². The molecule has 2 atom stereocenters. The van der Waals surface area contributed by atoms with E-state index in [-0.39, 0.29) is 6.10 Å². The average molecular weight is 235 g/mol. The molecular formula is C13H21N3O. The van der Waals surface area contributed by atoms with Gasteiger partial charge in [-0.05, 0) is 26.0 Å². The lowest BCUT2D eigenvalue weighted by Crippen LogP contribution is -2.45. The summed E-state index contributed by atoms with van der Waals surface area (Å²) in [6.45, 7) is 7.29. The molecular weight excluding hydrogens is 214 g/mol. The van der Waals surface area contributed by atoms with Gasteiger partial charge < -0.3 is 10.5 Å². The number of morpholine rings is 1. The standard InChI is InChI=1S/C13H21N3O/c1-3-6-16-8-12(17-9-10(16)2)11-4-5-13(14)15-7-11/h4-5,7,10,12H,3,6,8-9H2,1-2H3,(H2,14,15)/t10-,12-/m1/s1. The van der Waals surface area contributed by atoms with Crippen molar-refractivity contribution < 1.29 is 4.74 Å². The molecule has 2 rings (SSSR count). The second-order valence-corrected chi connectivity index (χ2v) is 4.68. The first-order valence-corrected chi connectivity index (χ1v) is 6.27. The summed E-state index contributed by atoms with van der Waals surface area (Å²) in [6.07, 6.45) is 3.13. The molecule has 4 nitrogen and oxygen atoms in total. The second kappa shape index (κ2) is 5.47. The Kier molecular flexibility index (Phi) is 3.97. The van der Waals surface area contributed by atoms with E-state index in [1.165, 1.54) is 6.42 Å². The summed E-state index contributed by atoms with van der Waals surface area (Å²) in [7, 11) is 0. The van der Waals surface area contributed by atoms with Crippen molar-refractivity contribution in [2.75, 3.05) is 25.4 Å². The molecule has 0 saturated carbocycles. The van der Waals surface area contributed by atoms with Crippen molar-refractivity contribution in [2.24, 2.45) is 0 Å². The van der Waals surface area contributed by atoms with Crippen LogP contribution in [0.3, 0.4) is 0 Å². The fourth-order valence-corrected chi connectivity index (χ4v) is 2.21. The molecule has 0 spiro atoms. The molecule has 1 aliphatic rings. The van der Waals surface area contributed by atoms with Crippen molar-refractivity contribution in [2.45, 2.75) is 32.4 Å². The van der Waals surface area contributed by atoms with E-state index in [1.807, 2.05) is 18.3 Å². The summed E-state index contributed by atoms with van der Waals surface area (Å²) in [6, 6.07) is 4.35. The predicted octanol–water partition coefficient (Wildman–Crippen LogP) is 1.84. The maximum absolute atomic E-state index is 5.87. The summed E-state index contributed by atoms with van der Waals surface area (Å²) in [5.74, 6) is 0.559. The van der Waals surface area contributed by atoms with Crippen LogP contribution in [-0.2, 0) is 4.74 Å². The second-order valence-electron chi connectivity index (χ2n) is 4.68. The fourth-order valence-electron chi connectivity index (χ4n) is 2.21. The minimum atomic E-state index is 0.130. The quantitative estimate of drug-likeness (QED) is 0.868. The molecule has 0 amide bonds. The van der Waals surface area contributed by atoms with Gasteiger partial charge in [0.2, 0.25) is 0 Å². The van der Waals surface area contributed by atoms with Gasteiger partial charge in [0.1, 0.15) is 5.82 Å². The van der Waals surface area contributed by atoms with Crippen LogP contribution < -0.4 is 5.73 Å². The number of anilines is 1. The van der Waals surface area contributed by atoms with Crippen molar-refractivity contribution in [3.63, 3.8) is 0 Å². The Morgan fingerprint density at radius 2 is 2.35 bits per heavy atom. The van der Waals surface area contributed by atoms with Crippen molar-refractivity contribution in [1.29, 1.82) is 0 Å². The zero-order chi connectivity index (χ0) is 12.3. The van der Waals surface area contributed by atoms with Crippen LogP contribution >= 0.6 is 0 Å². The van der Waals surface area contributed by atoms with Gasteiger partial charge in [0, 0.05) is 24.3 Å². The minimum absolute atomic E-state index is 0.130. The van der Waals surface area contributed by atoms with Crippen LogP contribution in [0.1, 0.15) is 31.9 Å². The molecule has 0 aromatic carbocycles. The molecule has 1 fully saturated rings. The summed E-state index contributed by atoms with van der Waals surface area (Å²) >= 11 is 0. The molecule has 17 heavy (non-hydrogen) atoms.